The summed E-state index contributed by atoms with van der Waals surface area (Å²) in [5, 5.41) is 8.11. The van der Waals surface area contributed by atoms with E-state index in [9.17, 15) is 4.79 Å². The molecule has 0 N–H and O–H groups in total. The van der Waals surface area contributed by atoms with Crippen LogP contribution in [0.1, 0.15) is 19.3 Å². The molecule has 0 saturated heterocycles. The van der Waals surface area contributed by atoms with Gasteiger partial charge in [0.2, 0.25) is 0 Å². The smallest absolute Gasteiger partial charge is 0.306 e. The molecule has 0 aliphatic carbocycles. The number of rotatable bonds is 5. The van der Waals surface area contributed by atoms with Crippen molar-refractivity contribution in [1.82, 2.24) is 0 Å². The van der Waals surface area contributed by atoms with Crippen LogP contribution in [0, 0.1) is 11.3 Å². The van der Waals surface area contributed by atoms with Crippen LogP contribution in [0.2, 0.25) is 0 Å². The first kappa shape index (κ1) is 9.70. The number of hydrogen-bond acceptors (Lipinski definition) is 3. The van der Waals surface area contributed by atoms with Crippen molar-refractivity contribution in [1.29, 1.82) is 5.26 Å². The third-order valence-electron chi connectivity index (χ3n) is 1.03. The summed E-state index contributed by atoms with van der Waals surface area (Å²) in [5.41, 5.74) is 0. The zero-order chi connectivity index (χ0) is 8.53. The molecule has 0 fully saturated rings. The van der Waals surface area contributed by atoms with E-state index < -0.39 is 0 Å². The van der Waals surface area contributed by atoms with Gasteiger partial charge < -0.3 is 4.74 Å². The molecule has 0 saturated carbocycles. The maximum Gasteiger partial charge on any atom is 0.306 e. The van der Waals surface area contributed by atoms with E-state index in [0.29, 0.717) is 13.0 Å². The predicted molar refractivity (Wildman–Crippen MR) is 40.6 cm³/mol. The SMILES string of the molecule is C=CCCOC(=O)CCC#N. The van der Waals surface area contributed by atoms with Gasteiger partial charge in [-0.2, -0.15) is 5.26 Å². The molecule has 0 bridgehead atoms. The van der Waals surface area contributed by atoms with E-state index >= 15 is 0 Å². The highest BCUT2D eigenvalue weighted by atomic mass is 16.5. The van der Waals surface area contributed by atoms with Gasteiger partial charge in [0.05, 0.1) is 19.1 Å². The molecule has 0 heterocycles. The molecule has 0 radical (unpaired) electrons. The number of nitriles is 1. The van der Waals surface area contributed by atoms with Crippen LogP contribution in [-0.2, 0) is 9.53 Å². The molecule has 0 aliphatic heterocycles. The fourth-order valence-corrected chi connectivity index (χ4v) is 0.486. The number of carbonyl (C=O) groups excluding carboxylic acids is 1. The van der Waals surface area contributed by atoms with Crippen molar-refractivity contribution in [2.45, 2.75) is 19.3 Å². The van der Waals surface area contributed by atoms with Crippen LogP contribution in [0.3, 0.4) is 0 Å². The molecule has 60 valence electrons. The van der Waals surface area contributed by atoms with Crippen LogP contribution in [-0.4, -0.2) is 12.6 Å². The Kier molecular flexibility index (Phi) is 6.01. The number of carbonyl (C=O) groups is 1. The first-order valence-electron chi connectivity index (χ1n) is 3.44. The number of nitrogens with zero attached hydrogens (tertiary/aromatic N) is 1. The predicted octanol–water partition coefficient (Wildman–Crippen LogP) is 1.41. The molecule has 0 aliphatic rings. The van der Waals surface area contributed by atoms with Gasteiger partial charge in [-0.3, -0.25) is 4.79 Å². The molecule has 0 aromatic rings. The van der Waals surface area contributed by atoms with Gasteiger partial charge in [0, 0.05) is 6.42 Å². The topological polar surface area (TPSA) is 50.1 Å². The Hall–Kier alpha value is -1.30. The first-order chi connectivity index (χ1) is 5.31. The van der Waals surface area contributed by atoms with Gasteiger partial charge in [0.15, 0.2) is 0 Å². The van der Waals surface area contributed by atoms with Crippen molar-refractivity contribution in [2.24, 2.45) is 0 Å². The average Bonchev–Trinajstić information content (AvgIpc) is 2.01. The van der Waals surface area contributed by atoms with Gasteiger partial charge in [-0.05, 0) is 6.42 Å². The van der Waals surface area contributed by atoms with E-state index in [-0.39, 0.29) is 18.8 Å². The van der Waals surface area contributed by atoms with Gasteiger partial charge >= 0.3 is 5.97 Å². The Morgan fingerprint density at radius 1 is 1.73 bits per heavy atom. The summed E-state index contributed by atoms with van der Waals surface area (Å²) in [6.45, 7) is 3.84. The molecular weight excluding hydrogens is 142 g/mol. The molecular formula is C8H11NO2. The Balaban J connectivity index is 3.24. The molecule has 3 heteroatoms. The zero-order valence-corrected chi connectivity index (χ0v) is 6.38. The second kappa shape index (κ2) is 6.81. The highest BCUT2D eigenvalue weighted by molar-refractivity contribution is 5.69. The van der Waals surface area contributed by atoms with Crippen LogP contribution < -0.4 is 0 Å². The summed E-state index contributed by atoms with van der Waals surface area (Å²) in [4.78, 5) is 10.7. The lowest BCUT2D eigenvalue weighted by atomic mass is 10.3. The van der Waals surface area contributed by atoms with Crippen molar-refractivity contribution in [3.8, 4) is 6.07 Å². The third-order valence-corrected chi connectivity index (χ3v) is 1.03. The zero-order valence-electron chi connectivity index (χ0n) is 6.38. The van der Waals surface area contributed by atoms with Crippen LogP contribution in [0.5, 0.6) is 0 Å². The minimum Gasteiger partial charge on any atom is -0.465 e. The van der Waals surface area contributed by atoms with Crippen molar-refractivity contribution in [3.05, 3.63) is 12.7 Å². The van der Waals surface area contributed by atoms with E-state index in [0.717, 1.165) is 0 Å². The molecule has 0 atom stereocenters. The second-order valence-electron chi connectivity index (χ2n) is 1.96. The molecule has 0 aromatic carbocycles. The van der Waals surface area contributed by atoms with Crippen LogP contribution in [0.15, 0.2) is 12.7 Å². The highest BCUT2D eigenvalue weighted by Crippen LogP contribution is 1.92. The lowest BCUT2D eigenvalue weighted by Crippen LogP contribution is -2.04. The van der Waals surface area contributed by atoms with Crippen molar-refractivity contribution < 1.29 is 9.53 Å². The molecule has 0 aromatic heterocycles. The minimum atomic E-state index is -0.312. The Morgan fingerprint density at radius 3 is 3.00 bits per heavy atom. The normalized spacial score (nSPS) is 8.27. The maximum atomic E-state index is 10.7. The summed E-state index contributed by atoms with van der Waals surface area (Å²) < 4.78 is 4.72. The summed E-state index contributed by atoms with van der Waals surface area (Å²) >= 11 is 0. The second-order valence-corrected chi connectivity index (χ2v) is 1.96. The number of esters is 1. The van der Waals surface area contributed by atoms with E-state index in [1.54, 1.807) is 6.08 Å². The third kappa shape index (κ3) is 6.59. The summed E-state index contributed by atoms with van der Waals surface area (Å²) in [7, 11) is 0. The molecule has 3 nitrogen and oxygen atoms in total. The largest absolute Gasteiger partial charge is 0.465 e. The van der Waals surface area contributed by atoms with E-state index in [4.69, 9.17) is 10.00 Å². The van der Waals surface area contributed by atoms with Crippen LogP contribution >= 0.6 is 0 Å². The molecule has 0 rings (SSSR count). The van der Waals surface area contributed by atoms with E-state index in [1.165, 1.54) is 0 Å². The molecule has 0 unspecified atom stereocenters. The van der Waals surface area contributed by atoms with Gasteiger partial charge in [-0.25, -0.2) is 0 Å². The number of hydrogen-bond donors (Lipinski definition) is 0. The average molecular weight is 153 g/mol. The maximum absolute atomic E-state index is 10.7. The lowest BCUT2D eigenvalue weighted by Gasteiger charge is -1.99. The van der Waals surface area contributed by atoms with Crippen LogP contribution in [0.4, 0.5) is 0 Å². The summed E-state index contributed by atoms with van der Waals surface area (Å²) in [6, 6.07) is 1.87. The van der Waals surface area contributed by atoms with E-state index in [1.807, 2.05) is 6.07 Å². The summed E-state index contributed by atoms with van der Waals surface area (Å²) in [5.74, 6) is -0.312. The van der Waals surface area contributed by atoms with Crippen molar-refractivity contribution in [3.63, 3.8) is 0 Å². The molecule has 0 spiro atoms. The fraction of sp³-hybridized carbons (Fsp3) is 0.500. The summed E-state index contributed by atoms with van der Waals surface area (Å²) in [6.07, 6.45) is 2.76. The van der Waals surface area contributed by atoms with Crippen molar-refractivity contribution >= 4 is 5.97 Å². The van der Waals surface area contributed by atoms with Gasteiger partial charge in [-0.1, -0.05) is 6.08 Å². The number of ether oxygens (including phenoxy) is 1. The van der Waals surface area contributed by atoms with E-state index in [2.05, 4.69) is 6.58 Å². The van der Waals surface area contributed by atoms with Crippen molar-refractivity contribution in [2.75, 3.05) is 6.61 Å². The highest BCUT2D eigenvalue weighted by Gasteiger charge is 1.99. The Morgan fingerprint density at radius 2 is 2.45 bits per heavy atom. The van der Waals surface area contributed by atoms with Gasteiger partial charge in [0.25, 0.3) is 0 Å². The molecule has 0 amide bonds. The minimum absolute atomic E-state index is 0.188. The molecule has 11 heavy (non-hydrogen) atoms. The standard InChI is InChI=1S/C8H11NO2/c1-2-3-7-11-8(10)5-4-6-9/h2H,1,3-5,7H2. The van der Waals surface area contributed by atoms with Crippen LogP contribution in [0.25, 0.3) is 0 Å². The lowest BCUT2D eigenvalue weighted by molar-refractivity contribution is -0.143. The quantitative estimate of drug-likeness (QED) is 0.341. The Bertz CT molecular complexity index is 169. The first-order valence-corrected chi connectivity index (χ1v) is 3.44. The monoisotopic (exact) mass is 153 g/mol. The van der Waals surface area contributed by atoms with Gasteiger partial charge in [0.1, 0.15) is 0 Å². The fourth-order valence-electron chi connectivity index (χ4n) is 0.486. The Labute approximate surface area is 66.3 Å². The van der Waals surface area contributed by atoms with Gasteiger partial charge in [-0.15, -0.1) is 6.58 Å².